The van der Waals surface area contributed by atoms with Crippen LogP contribution in [-0.2, 0) is 0 Å². The van der Waals surface area contributed by atoms with Crippen molar-refractivity contribution in [1.29, 1.82) is 0 Å². The van der Waals surface area contributed by atoms with Crippen LogP contribution in [-0.4, -0.2) is 49.1 Å². The van der Waals surface area contributed by atoms with Crippen LogP contribution in [0, 0.1) is 5.92 Å². The predicted molar refractivity (Wildman–Crippen MR) is 55.9 cm³/mol. The van der Waals surface area contributed by atoms with Gasteiger partial charge in [0, 0.05) is 19.1 Å². The molecule has 0 amide bonds. The van der Waals surface area contributed by atoms with Gasteiger partial charge in [-0.05, 0) is 52.2 Å². The zero-order chi connectivity index (χ0) is 9.26. The van der Waals surface area contributed by atoms with Gasteiger partial charge in [-0.2, -0.15) is 0 Å². The van der Waals surface area contributed by atoms with Crippen molar-refractivity contribution >= 4 is 0 Å². The molecule has 1 aliphatic heterocycles. The summed E-state index contributed by atoms with van der Waals surface area (Å²) in [6.45, 7) is 7.61. The first kappa shape index (κ1) is 9.47. The number of rotatable bonds is 2. The maximum Gasteiger partial charge on any atom is 0.0191 e. The minimum atomic E-state index is 0.751. The molecular formula is C11H22N2. The van der Waals surface area contributed by atoms with E-state index in [1.165, 1.54) is 45.4 Å². The molecule has 0 aromatic heterocycles. The Kier molecular flexibility index (Phi) is 2.89. The van der Waals surface area contributed by atoms with Crippen LogP contribution in [0.2, 0.25) is 0 Å². The van der Waals surface area contributed by atoms with E-state index in [2.05, 4.69) is 23.8 Å². The van der Waals surface area contributed by atoms with E-state index in [1.807, 2.05) is 0 Å². The predicted octanol–water partition coefficient (Wildman–Crippen LogP) is 1.42. The second kappa shape index (κ2) is 3.97. The van der Waals surface area contributed by atoms with Crippen molar-refractivity contribution in [3.05, 3.63) is 0 Å². The smallest absolute Gasteiger partial charge is 0.0191 e. The Hall–Kier alpha value is -0.0800. The van der Waals surface area contributed by atoms with Gasteiger partial charge in [-0.3, -0.25) is 0 Å². The summed E-state index contributed by atoms with van der Waals surface area (Å²) in [4.78, 5) is 5.17. The topological polar surface area (TPSA) is 6.48 Å². The van der Waals surface area contributed by atoms with Gasteiger partial charge in [0.2, 0.25) is 0 Å². The zero-order valence-electron chi connectivity index (χ0n) is 9.00. The normalized spacial score (nSPS) is 33.2. The van der Waals surface area contributed by atoms with Gasteiger partial charge in [-0.1, -0.05) is 0 Å². The van der Waals surface area contributed by atoms with Crippen LogP contribution >= 0.6 is 0 Å². The Balaban J connectivity index is 1.81. The van der Waals surface area contributed by atoms with Gasteiger partial charge in [0.15, 0.2) is 0 Å². The molecule has 0 aromatic carbocycles. The first-order valence-electron chi connectivity index (χ1n) is 5.68. The maximum absolute atomic E-state index is 2.67. The lowest BCUT2D eigenvalue weighted by Gasteiger charge is -2.25. The molecule has 1 heterocycles. The van der Waals surface area contributed by atoms with Crippen molar-refractivity contribution in [3.63, 3.8) is 0 Å². The molecule has 1 saturated heterocycles. The molecule has 1 saturated carbocycles. The third kappa shape index (κ3) is 2.68. The molecule has 0 unspecified atom stereocenters. The van der Waals surface area contributed by atoms with Crippen LogP contribution in [0.4, 0.5) is 0 Å². The first-order valence-corrected chi connectivity index (χ1v) is 5.68. The lowest BCUT2D eigenvalue weighted by atomic mass is 10.3. The van der Waals surface area contributed by atoms with Crippen LogP contribution in [0.25, 0.3) is 0 Å². The fourth-order valence-electron chi connectivity index (χ4n) is 2.20. The standard InChI is InChI=1S/C11H22N2/c1-10-8-13(9-11-4-5-11)7-3-6-12(10)2/h10-11H,3-9H2,1-2H3/t10-/m0/s1. The van der Waals surface area contributed by atoms with Gasteiger partial charge < -0.3 is 9.80 Å². The van der Waals surface area contributed by atoms with Gasteiger partial charge in [0.1, 0.15) is 0 Å². The van der Waals surface area contributed by atoms with Gasteiger partial charge in [-0.15, -0.1) is 0 Å². The summed E-state index contributed by atoms with van der Waals surface area (Å²) < 4.78 is 0. The Morgan fingerprint density at radius 3 is 2.69 bits per heavy atom. The molecule has 0 radical (unpaired) electrons. The van der Waals surface area contributed by atoms with Crippen LogP contribution < -0.4 is 0 Å². The second-order valence-electron chi connectivity index (χ2n) is 4.89. The van der Waals surface area contributed by atoms with Crippen LogP contribution in [0.15, 0.2) is 0 Å². The van der Waals surface area contributed by atoms with Crippen LogP contribution in [0.5, 0.6) is 0 Å². The fraction of sp³-hybridized carbons (Fsp3) is 1.00. The lowest BCUT2D eigenvalue weighted by Crippen LogP contribution is -2.37. The second-order valence-corrected chi connectivity index (χ2v) is 4.89. The van der Waals surface area contributed by atoms with Crippen molar-refractivity contribution in [2.75, 3.05) is 33.2 Å². The molecule has 76 valence electrons. The molecule has 0 N–H and O–H groups in total. The monoisotopic (exact) mass is 182 g/mol. The quantitative estimate of drug-likeness (QED) is 0.637. The van der Waals surface area contributed by atoms with Gasteiger partial charge in [0.05, 0.1) is 0 Å². The van der Waals surface area contributed by atoms with Gasteiger partial charge in [-0.25, -0.2) is 0 Å². The largest absolute Gasteiger partial charge is 0.302 e. The third-order valence-corrected chi connectivity index (χ3v) is 3.47. The van der Waals surface area contributed by atoms with Gasteiger partial charge in [0.25, 0.3) is 0 Å². The minimum Gasteiger partial charge on any atom is -0.302 e. The third-order valence-electron chi connectivity index (χ3n) is 3.47. The molecular weight excluding hydrogens is 160 g/mol. The summed E-state index contributed by atoms with van der Waals surface area (Å²) in [5.74, 6) is 1.05. The molecule has 2 aliphatic rings. The highest BCUT2D eigenvalue weighted by atomic mass is 15.2. The summed E-state index contributed by atoms with van der Waals surface area (Å²) in [6.07, 6.45) is 4.33. The van der Waals surface area contributed by atoms with Crippen LogP contribution in [0.1, 0.15) is 26.2 Å². The zero-order valence-corrected chi connectivity index (χ0v) is 9.00. The van der Waals surface area contributed by atoms with E-state index in [-0.39, 0.29) is 0 Å². The molecule has 0 aromatic rings. The van der Waals surface area contributed by atoms with E-state index in [1.54, 1.807) is 0 Å². The van der Waals surface area contributed by atoms with E-state index in [0.717, 1.165) is 12.0 Å². The molecule has 0 bridgehead atoms. The highest BCUT2D eigenvalue weighted by molar-refractivity contribution is 4.81. The summed E-state index contributed by atoms with van der Waals surface area (Å²) >= 11 is 0. The number of hydrogen-bond donors (Lipinski definition) is 0. The van der Waals surface area contributed by atoms with Gasteiger partial charge >= 0.3 is 0 Å². The maximum atomic E-state index is 2.67. The van der Waals surface area contributed by atoms with E-state index >= 15 is 0 Å². The molecule has 2 heteroatoms. The fourth-order valence-corrected chi connectivity index (χ4v) is 2.20. The average molecular weight is 182 g/mol. The molecule has 1 aliphatic carbocycles. The average Bonchev–Trinajstić information content (AvgIpc) is 2.87. The number of nitrogens with zero attached hydrogens (tertiary/aromatic N) is 2. The SMILES string of the molecule is C[C@H]1CN(CC2CC2)CCCN1C. The van der Waals surface area contributed by atoms with Crippen molar-refractivity contribution in [2.24, 2.45) is 5.92 Å². The highest BCUT2D eigenvalue weighted by Gasteiger charge is 2.26. The van der Waals surface area contributed by atoms with Crippen LogP contribution in [0.3, 0.4) is 0 Å². The van der Waals surface area contributed by atoms with Crippen molar-refractivity contribution in [3.8, 4) is 0 Å². The Morgan fingerprint density at radius 2 is 2.00 bits per heavy atom. The van der Waals surface area contributed by atoms with E-state index < -0.39 is 0 Å². The summed E-state index contributed by atoms with van der Waals surface area (Å²) in [5.41, 5.74) is 0. The molecule has 2 fully saturated rings. The Morgan fingerprint density at radius 1 is 1.23 bits per heavy atom. The lowest BCUT2D eigenvalue weighted by molar-refractivity contribution is 0.215. The van der Waals surface area contributed by atoms with E-state index in [9.17, 15) is 0 Å². The first-order chi connectivity index (χ1) is 6.25. The summed E-state index contributed by atoms with van der Waals surface area (Å²) in [7, 11) is 2.26. The van der Waals surface area contributed by atoms with Crippen molar-refractivity contribution in [2.45, 2.75) is 32.2 Å². The molecule has 0 spiro atoms. The highest BCUT2D eigenvalue weighted by Crippen LogP contribution is 2.30. The number of hydrogen-bond acceptors (Lipinski definition) is 2. The Bertz CT molecular complexity index is 165. The van der Waals surface area contributed by atoms with Crippen molar-refractivity contribution in [1.82, 2.24) is 9.80 Å². The van der Waals surface area contributed by atoms with E-state index in [0.29, 0.717) is 0 Å². The Labute approximate surface area is 81.9 Å². The molecule has 13 heavy (non-hydrogen) atoms. The molecule has 2 rings (SSSR count). The summed E-state index contributed by atoms with van der Waals surface area (Å²) in [5, 5.41) is 0. The van der Waals surface area contributed by atoms with Crippen molar-refractivity contribution < 1.29 is 0 Å². The molecule has 1 atom stereocenters. The minimum absolute atomic E-state index is 0.751. The molecule has 2 nitrogen and oxygen atoms in total. The van der Waals surface area contributed by atoms with E-state index in [4.69, 9.17) is 0 Å². The summed E-state index contributed by atoms with van der Waals surface area (Å²) in [6, 6.07) is 0.751. The number of likely N-dealkylation sites (N-methyl/N-ethyl adjacent to an activating group) is 1.